The van der Waals surface area contributed by atoms with E-state index in [4.69, 9.17) is 0 Å². The van der Waals surface area contributed by atoms with Gasteiger partial charge in [0.1, 0.15) is 0 Å². The van der Waals surface area contributed by atoms with Crippen molar-refractivity contribution in [2.45, 2.75) is 20.3 Å². The Morgan fingerprint density at radius 2 is 1.81 bits per heavy atom. The van der Waals surface area contributed by atoms with Crippen molar-refractivity contribution in [1.29, 1.82) is 0 Å². The molecule has 0 aliphatic carbocycles. The summed E-state index contributed by atoms with van der Waals surface area (Å²) in [6.07, 6.45) is 0.952. The standard InChI is InChI=1S/C13H20N2O/c1-10-6-4-7-11(2)12(10)13(16)15-9-5-8-14-3/h4,6-7,14H,5,8-9H2,1-3H3,(H,15,16). The Morgan fingerprint density at radius 3 is 2.38 bits per heavy atom. The molecular formula is C13H20N2O. The van der Waals surface area contributed by atoms with Gasteiger partial charge in [0, 0.05) is 12.1 Å². The Kier molecular flexibility index (Phi) is 4.99. The maximum Gasteiger partial charge on any atom is 0.251 e. The van der Waals surface area contributed by atoms with E-state index in [9.17, 15) is 4.79 Å². The molecule has 0 spiro atoms. The third-order valence-electron chi connectivity index (χ3n) is 2.60. The zero-order valence-electron chi connectivity index (χ0n) is 10.3. The van der Waals surface area contributed by atoms with Gasteiger partial charge in [-0.05, 0) is 45.0 Å². The van der Waals surface area contributed by atoms with Gasteiger partial charge in [0.25, 0.3) is 5.91 Å². The Labute approximate surface area is 97.2 Å². The van der Waals surface area contributed by atoms with Crippen LogP contribution in [0.2, 0.25) is 0 Å². The van der Waals surface area contributed by atoms with Gasteiger partial charge in [-0.1, -0.05) is 18.2 Å². The number of rotatable bonds is 5. The molecule has 0 saturated carbocycles. The third kappa shape index (κ3) is 3.35. The van der Waals surface area contributed by atoms with Crippen LogP contribution in [0.1, 0.15) is 27.9 Å². The minimum absolute atomic E-state index is 0.0340. The molecule has 16 heavy (non-hydrogen) atoms. The molecule has 0 fully saturated rings. The zero-order valence-corrected chi connectivity index (χ0v) is 10.3. The first-order chi connectivity index (χ1) is 7.66. The topological polar surface area (TPSA) is 41.1 Å². The smallest absolute Gasteiger partial charge is 0.251 e. The number of carbonyl (C=O) groups is 1. The second kappa shape index (κ2) is 6.28. The predicted molar refractivity (Wildman–Crippen MR) is 66.8 cm³/mol. The molecule has 3 nitrogen and oxygen atoms in total. The molecule has 0 aromatic heterocycles. The summed E-state index contributed by atoms with van der Waals surface area (Å²) in [7, 11) is 1.91. The van der Waals surface area contributed by atoms with Crippen molar-refractivity contribution in [2.24, 2.45) is 0 Å². The lowest BCUT2D eigenvalue weighted by Gasteiger charge is -2.10. The fourth-order valence-corrected chi connectivity index (χ4v) is 1.73. The summed E-state index contributed by atoms with van der Waals surface area (Å²) in [4.78, 5) is 11.9. The van der Waals surface area contributed by atoms with Crippen molar-refractivity contribution >= 4 is 5.91 Å². The van der Waals surface area contributed by atoms with E-state index in [1.165, 1.54) is 0 Å². The molecular weight excluding hydrogens is 200 g/mol. The van der Waals surface area contributed by atoms with E-state index in [1.54, 1.807) is 0 Å². The summed E-state index contributed by atoms with van der Waals surface area (Å²) in [5, 5.41) is 5.99. The van der Waals surface area contributed by atoms with E-state index >= 15 is 0 Å². The van der Waals surface area contributed by atoms with E-state index in [0.717, 1.165) is 29.7 Å². The maximum absolute atomic E-state index is 11.9. The van der Waals surface area contributed by atoms with Gasteiger partial charge in [-0.15, -0.1) is 0 Å². The molecule has 88 valence electrons. The number of amides is 1. The van der Waals surface area contributed by atoms with Gasteiger partial charge in [-0.2, -0.15) is 0 Å². The minimum atomic E-state index is 0.0340. The van der Waals surface area contributed by atoms with Crippen LogP contribution in [0.4, 0.5) is 0 Å². The Bertz CT molecular complexity index is 341. The van der Waals surface area contributed by atoms with Gasteiger partial charge in [-0.3, -0.25) is 4.79 Å². The molecule has 0 radical (unpaired) electrons. The molecule has 1 amide bonds. The summed E-state index contributed by atoms with van der Waals surface area (Å²) < 4.78 is 0. The number of aryl methyl sites for hydroxylation is 2. The number of hydrogen-bond acceptors (Lipinski definition) is 2. The van der Waals surface area contributed by atoms with Crippen LogP contribution in [0.5, 0.6) is 0 Å². The molecule has 1 aromatic rings. The highest BCUT2D eigenvalue weighted by molar-refractivity contribution is 5.96. The van der Waals surface area contributed by atoms with Crippen LogP contribution in [0, 0.1) is 13.8 Å². The molecule has 3 heteroatoms. The molecule has 1 rings (SSSR count). The number of carbonyl (C=O) groups excluding carboxylic acids is 1. The van der Waals surface area contributed by atoms with Crippen LogP contribution in [-0.2, 0) is 0 Å². The van der Waals surface area contributed by atoms with Crippen LogP contribution in [0.25, 0.3) is 0 Å². The third-order valence-corrected chi connectivity index (χ3v) is 2.60. The van der Waals surface area contributed by atoms with Gasteiger partial charge in [0.2, 0.25) is 0 Å². The van der Waals surface area contributed by atoms with E-state index in [1.807, 2.05) is 39.1 Å². The first-order valence-corrected chi connectivity index (χ1v) is 5.66. The van der Waals surface area contributed by atoms with E-state index in [0.29, 0.717) is 6.54 Å². The molecule has 0 bridgehead atoms. The highest BCUT2D eigenvalue weighted by atomic mass is 16.1. The number of nitrogens with one attached hydrogen (secondary N) is 2. The van der Waals surface area contributed by atoms with E-state index in [2.05, 4.69) is 10.6 Å². The quantitative estimate of drug-likeness (QED) is 0.741. The number of hydrogen-bond donors (Lipinski definition) is 2. The van der Waals surface area contributed by atoms with Gasteiger partial charge in [0.15, 0.2) is 0 Å². The molecule has 0 aliphatic rings. The first-order valence-electron chi connectivity index (χ1n) is 5.66. The first kappa shape index (κ1) is 12.7. The minimum Gasteiger partial charge on any atom is -0.352 e. The van der Waals surface area contributed by atoms with Crippen molar-refractivity contribution < 1.29 is 4.79 Å². The van der Waals surface area contributed by atoms with Crippen molar-refractivity contribution in [3.63, 3.8) is 0 Å². The summed E-state index contributed by atoms with van der Waals surface area (Å²) >= 11 is 0. The van der Waals surface area contributed by atoms with E-state index < -0.39 is 0 Å². The fourth-order valence-electron chi connectivity index (χ4n) is 1.73. The molecule has 1 aromatic carbocycles. The molecule has 0 unspecified atom stereocenters. The van der Waals surface area contributed by atoms with Crippen LogP contribution >= 0.6 is 0 Å². The van der Waals surface area contributed by atoms with Crippen LogP contribution in [-0.4, -0.2) is 26.0 Å². The molecule has 0 atom stereocenters. The Balaban J connectivity index is 2.59. The Morgan fingerprint density at radius 1 is 1.19 bits per heavy atom. The van der Waals surface area contributed by atoms with Gasteiger partial charge < -0.3 is 10.6 Å². The van der Waals surface area contributed by atoms with Crippen LogP contribution in [0.3, 0.4) is 0 Å². The molecule has 0 aliphatic heterocycles. The molecule has 0 heterocycles. The van der Waals surface area contributed by atoms with Crippen molar-refractivity contribution in [3.8, 4) is 0 Å². The van der Waals surface area contributed by atoms with Crippen molar-refractivity contribution in [2.75, 3.05) is 20.1 Å². The lowest BCUT2D eigenvalue weighted by atomic mass is 10.0. The largest absolute Gasteiger partial charge is 0.352 e. The predicted octanol–water partition coefficient (Wildman–Crippen LogP) is 1.64. The summed E-state index contributed by atoms with van der Waals surface area (Å²) in [6.45, 7) is 5.57. The summed E-state index contributed by atoms with van der Waals surface area (Å²) in [5.74, 6) is 0.0340. The molecule has 2 N–H and O–H groups in total. The number of benzene rings is 1. The molecule has 0 saturated heterocycles. The van der Waals surface area contributed by atoms with Gasteiger partial charge >= 0.3 is 0 Å². The SMILES string of the molecule is CNCCCNC(=O)c1c(C)cccc1C. The fraction of sp³-hybridized carbons (Fsp3) is 0.462. The normalized spacial score (nSPS) is 10.2. The lowest BCUT2D eigenvalue weighted by Crippen LogP contribution is -2.27. The zero-order chi connectivity index (χ0) is 12.0. The second-order valence-electron chi connectivity index (χ2n) is 3.98. The van der Waals surface area contributed by atoms with Gasteiger partial charge in [-0.25, -0.2) is 0 Å². The average Bonchev–Trinajstić information content (AvgIpc) is 2.24. The highest BCUT2D eigenvalue weighted by Crippen LogP contribution is 2.12. The summed E-state index contributed by atoms with van der Waals surface area (Å²) in [5.41, 5.74) is 2.88. The Hall–Kier alpha value is -1.35. The monoisotopic (exact) mass is 220 g/mol. The highest BCUT2D eigenvalue weighted by Gasteiger charge is 2.10. The lowest BCUT2D eigenvalue weighted by molar-refractivity contribution is 0.0952. The van der Waals surface area contributed by atoms with Crippen LogP contribution in [0.15, 0.2) is 18.2 Å². The van der Waals surface area contributed by atoms with Crippen LogP contribution < -0.4 is 10.6 Å². The van der Waals surface area contributed by atoms with Crippen molar-refractivity contribution in [3.05, 3.63) is 34.9 Å². The van der Waals surface area contributed by atoms with E-state index in [-0.39, 0.29) is 5.91 Å². The van der Waals surface area contributed by atoms with Gasteiger partial charge in [0.05, 0.1) is 0 Å². The summed E-state index contributed by atoms with van der Waals surface area (Å²) in [6, 6.07) is 5.91. The average molecular weight is 220 g/mol. The maximum atomic E-state index is 11.9. The second-order valence-corrected chi connectivity index (χ2v) is 3.98. The van der Waals surface area contributed by atoms with Crippen molar-refractivity contribution in [1.82, 2.24) is 10.6 Å².